The van der Waals surface area contributed by atoms with Crippen molar-refractivity contribution in [3.05, 3.63) is 48.5 Å². The molecule has 2 aromatic rings. The van der Waals surface area contributed by atoms with Crippen LogP contribution in [0.4, 0.5) is 17.1 Å². The van der Waals surface area contributed by atoms with Crippen molar-refractivity contribution in [1.82, 2.24) is 4.72 Å². The summed E-state index contributed by atoms with van der Waals surface area (Å²) in [4.78, 5) is 25.9. The van der Waals surface area contributed by atoms with E-state index in [1.54, 1.807) is 0 Å². The van der Waals surface area contributed by atoms with E-state index in [0.717, 1.165) is 18.8 Å². The lowest BCUT2D eigenvalue weighted by atomic mass is 10.2. The van der Waals surface area contributed by atoms with Crippen molar-refractivity contribution in [2.24, 2.45) is 5.92 Å². The predicted octanol–water partition coefficient (Wildman–Crippen LogP) is 2.80. The molecular formula is C22H28N4O4S. The average molecular weight is 445 g/mol. The van der Waals surface area contributed by atoms with Crippen LogP contribution in [0, 0.1) is 5.92 Å². The molecule has 0 saturated carbocycles. The van der Waals surface area contributed by atoms with Crippen LogP contribution in [0.1, 0.15) is 27.2 Å². The van der Waals surface area contributed by atoms with Crippen LogP contribution >= 0.6 is 0 Å². The average Bonchev–Trinajstić information content (AvgIpc) is 3.14. The monoisotopic (exact) mass is 444 g/mol. The minimum atomic E-state index is -3.90. The number of anilines is 3. The molecule has 8 nitrogen and oxygen atoms in total. The van der Waals surface area contributed by atoms with Gasteiger partial charge in [0.15, 0.2) is 0 Å². The number of benzene rings is 2. The minimum Gasteiger partial charge on any atom is -0.371 e. The van der Waals surface area contributed by atoms with E-state index in [-0.39, 0.29) is 10.8 Å². The number of hydrogen-bond acceptors (Lipinski definition) is 5. The van der Waals surface area contributed by atoms with Crippen LogP contribution in [0.5, 0.6) is 0 Å². The van der Waals surface area contributed by atoms with Crippen molar-refractivity contribution in [2.45, 2.75) is 38.1 Å². The van der Waals surface area contributed by atoms with Crippen LogP contribution in [-0.2, 0) is 19.6 Å². The summed E-state index contributed by atoms with van der Waals surface area (Å²) >= 11 is 0. The molecule has 2 aromatic carbocycles. The topological polar surface area (TPSA) is 108 Å². The van der Waals surface area contributed by atoms with Crippen molar-refractivity contribution in [1.29, 1.82) is 0 Å². The van der Waals surface area contributed by atoms with E-state index in [1.165, 1.54) is 44.5 Å². The Balaban J connectivity index is 1.58. The molecule has 0 aromatic heterocycles. The molecule has 2 amide bonds. The number of hydrogen-bond donors (Lipinski definition) is 3. The molecule has 166 valence electrons. The fourth-order valence-corrected chi connectivity index (χ4v) is 4.65. The van der Waals surface area contributed by atoms with Crippen LogP contribution in [0.2, 0.25) is 0 Å². The predicted molar refractivity (Wildman–Crippen MR) is 122 cm³/mol. The van der Waals surface area contributed by atoms with Crippen LogP contribution in [0.3, 0.4) is 0 Å². The summed E-state index contributed by atoms with van der Waals surface area (Å²) in [6, 6.07) is 12.3. The molecule has 1 fully saturated rings. The first-order valence-corrected chi connectivity index (χ1v) is 11.7. The fourth-order valence-electron chi connectivity index (χ4n) is 3.45. The molecule has 1 saturated heterocycles. The third-order valence-electron chi connectivity index (χ3n) is 5.13. The molecule has 3 N–H and O–H groups in total. The normalized spacial score (nSPS) is 17.3. The number of rotatable bonds is 7. The molecule has 9 heteroatoms. The van der Waals surface area contributed by atoms with Gasteiger partial charge in [0.2, 0.25) is 21.8 Å². The van der Waals surface area contributed by atoms with E-state index < -0.39 is 22.0 Å². The summed E-state index contributed by atoms with van der Waals surface area (Å²) in [6.07, 6.45) is 1.17. The number of nitrogens with zero attached hydrogens (tertiary/aromatic N) is 1. The van der Waals surface area contributed by atoms with Gasteiger partial charge in [-0.3, -0.25) is 9.59 Å². The Kier molecular flexibility index (Phi) is 6.97. The summed E-state index contributed by atoms with van der Waals surface area (Å²) in [7, 11) is -3.90. The van der Waals surface area contributed by atoms with Crippen molar-refractivity contribution in [3.63, 3.8) is 0 Å². The van der Waals surface area contributed by atoms with Gasteiger partial charge in [-0.15, -0.1) is 0 Å². The third-order valence-corrected chi connectivity index (χ3v) is 6.69. The van der Waals surface area contributed by atoms with Crippen LogP contribution < -0.4 is 20.3 Å². The maximum atomic E-state index is 12.6. The quantitative estimate of drug-likeness (QED) is 0.609. The van der Waals surface area contributed by atoms with Crippen molar-refractivity contribution < 1.29 is 18.0 Å². The largest absolute Gasteiger partial charge is 0.371 e. The molecule has 1 heterocycles. The van der Waals surface area contributed by atoms with Gasteiger partial charge in [0.05, 0.1) is 10.9 Å². The Morgan fingerprint density at radius 2 is 1.58 bits per heavy atom. The number of carbonyl (C=O) groups excluding carboxylic acids is 2. The van der Waals surface area contributed by atoms with E-state index in [9.17, 15) is 18.0 Å². The number of carbonyl (C=O) groups is 2. The fraction of sp³-hybridized carbons (Fsp3) is 0.364. The Labute approximate surface area is 183 Å². The van der Waals surface area contributed by atoms with E-state index in [4.69, 9.17) is 0 Å². The van der Waals surface area contributed by atoms with Gasteiger partial charge in [-0.1, -0.05) is 6.92 Å². The SMILES string of the molecule is CC(=O)Nc1ccc(S(=O)(=O)N[C@@H](C)C(=O)Nc2ccc(N3CCC(C)C3)cc2)cc1. The number of sulfonamides is 1. The highest BCUT2D eigenvalue weighted by Crippen LogP contribution is 2.25. The zero-order valence-electron chi connectivity index (χ0n) is 17.9. The zero-order chi connectivity index (χ0) is 22.6. The summed E-state index contributed by atoms with van der Waals surface area (Å²) in [5.41, 5.74) is 2.20. The van der Waals surface area contributed by atoms with Gasteiger partial charge in [-0.2, -0.15) is 4.72 Å². The molecule has 3 rings (SSSR count). The highest BCUT2D eigenvalue weighted by molar-refractivity contribution is 7.89. The van der Waals surface area contributed by atoms with Gasteiger partial charge >= 0.3 is 0 Å². The summed E-state index contributed by atoms with van der Waals surface area (Å²) in [5, 5.41) is 5.31. The third kappa shape index (κ3) is 6.05. The van der Waals surface area contributed by atoms with Gasteiger partial charge in [-0.25, -0.2) is 8.42 Å². The maximum absolute atomic E-state index is 12.6. The molecule has 2 atom stereocenters. The summed E-state index contributed by atoms with van der Waals surface area (Å²) < 4.78 is 27.5. The summed E-state index contributed by atoms with van der Waals surface area (Å²) in [6.45, 7) is 7.13. The lowest BCUT2D eigenvalue weighted by Gasteiger charge is -2.19. The highest BCUT2D eigenvalue weighted by Gasteiger charge is 2.23. The standard InChI is InChI=1S/C22H28N4O4S/c1-15-12-13-26(14-15)20-8-4-19(5-9-20)24-22(28)16(2)25-31(29,30)21-10-6-18(7-11-21)23-17(3)27/h4-11,15-16,25H,12-14H2,1-3H3,(H,23,27)(H,24,28)/t15?,16-/m0/s1. The Bertz CT molecular complexity index is 1040. The Morgan fingerprint density at radius 1 is 1.00 bits per heavy atom. The Hall–Kier alpha value is -2.91. The molecule has 0 bridgehead atoms. The second kappa shape index (κ2) is 9.49. The van der Waals surface area contributed by atoms with Crippen molar-refractivity contribution in [2.75, 3.05) is 28.6 Å². The van der Waals surface area contributed by atoms with E-state index in [0.29, 0.717) is 17.3 Å². The van der Waals surface area contributed by atoms with E-state index >= 15 is 0 Å². The lowest BCUT2D eigenvalue weighted by Crippen LogP contribution is -2.41. The maximum Gasteiger partial charge on any atom is 0.242 e. The smallest absolute Gasteiger partial charge is 0.242 e. The molecular weight excluding hydrogens is 416 g/mol. The molecule has 31 heavy (non-hydrogen) atoms. The molecule has 1 aliphatic heterocycles. The van der Waals surface area contributed by atoms with Crippen molar-refractivity contribution >= 4 is 38.9 Å². The lowest BCUT2D eigenvalue weighted by molar-refractivity contribution is -0.117. The highest BCUT2D eigenvalue weighted by atomic mass is 32.2. The number of amides is 2. The molecule has 1 aliphatic rings. The molecule has 1 unspecified atom stereocenters. The molecule has 0 radical (unpaired) electrons. The van der Waals surface area contributed by atoms with Crippen LogP contribution in [-0.4, -0.2) is 39.4 Å². The number of nitrogens with one attached hydrogen (secondary N) is 3. The van der Waals surface area contributed by atoms with Crippen molar-refractivity contribution in [3.8, 4) is 0 Å². The van der Waals surface area contributed by atoms with E-state index in [2.05, 4.69) is 27.2 Å². The second-order valence-electron chi connectivity index (χ2n) is 7.92. The van der Waals surface area contributed by atoms with Gasteiger partial charge in [0.1, 0.15) is 0 Å². The van der Waals surface area contributed by atoms with E-state index in [1.807, 2.05) is 24.3 Å². The first-order chi connectivity index (χ1) is 14.6. The van der Waals surface area contributed by atoms with Gasteiger partial charge in [-0.05, 0) is 67.8 Å². The first kappa shape index (κ1) is 22.8. The van der Waals surface area contributed by atoms with Crippen LogP contribution in [0.15, 0.2) is 53.4 Å². The van der Waals surface area contributed by atoms with Crippen LogP contribution in [0.25, 0.3) is 0 Å². The first-order valence-electron chi connectivity index (χ1n) is 10.2. The van der Waals surface area contributed by atoms with Gasteiger partial charge < -0.3 is 15.5 Å². The second-order valence-corrected chi connectivity index (χ2v) is 9.64. The van der Waals surface area contributed by atoms with Gasteiger partial charge in [0, 0.05) is 37.1 Å². The molecule has 0 aliphatic carbocycles. The Morgan fingerprint density at radius 3 is 2.13 bits per heavy atom. The minimum absolute atomic E-state index is 0.00504. The van der Waals surface area contributed by atoms with Gasteiger partial charge in [0.25, 0.3) is 0 Å². The molecule has 0 spiro atoms. The zero-order valence-corrected chi connectivity index (χ0v) is 18.7. The summed E-state index contributed by atoms with van der Waals surface area (Å²) in [5.74, 6) is -0.0297.